The van der Waals surface area contributed by atoms with Crippen LogP contribution in [-0.4, -0.2) is 132 Å². The lowest BCUT2D eigenvalue weighted by Gasteiger charge is -2.35. The molecule has 9 heterocycles. The fourth-order valence-electron chi connectivity index (χ4n) is 7.67. The number of ether oxygens (including phenoxy) is 3. The average molecular weight is 714 g/mol. The molecule has 0 saturated carbocycles. The van der Waals surface area contributed by atoms with E-state index in [1.165, 1.54) is 83.4 Å². The largest absolute Gasteiger partial charge is 0.371 e. The Kier molecular flexibility index (Phi) is 13.1. The van der Waals surface area contributed by atoms with Crippen molar-refractivity contribution in [3.05, 3.63) is 65.7 Å². The summed E-state index contributed by atoms with van der Waals surface area (Å²) in [5.41, 5.74) is 4.55. The topological polar surface area (TPSA) is 52.7 Å². The third-order valence-corrected chi connectivity index (χ3v) is 13.7. The van der Waals surface area contributed by atoms with E-state index in [9.17, 15) is 0 Å². The molecule has 0 amide bonds. The van der Waals surface area contributed by atoms with Crippen LogP contribution in [0.25, 0.3) is 0 Å². The first kappa shape index (κ1) is 35.2. The lowest BCUT2D eigenvalue weighted by atomic mass is 10.1. The van der Waals surface area contributed by atoms with Gasteiger partial charge in [0.2, 0.25) is 0 Å². The smallest absolute Gasteiger partial charge is 0.105 e. The highest BCUT2D eigenvalue weighted by molar-refractivity contribution is 7.10. The molecule has 0 spiro atoms. The first-order valence-electron chi connectivity index (χ1n) is 18.3. The van der Waals surface area contributed by atoms with Crippen molar-refractivity contribution in [2.24, 2.45) is 0 Å². The molecular formula is C37H55N5O3S3. The van der Waals surface area contributed by atoms with Crippen LogP contribution >= 0.6 is 34.0 Å². The molecule has 11 heteroatoms. The van der Waals surface area contributed by atoms with Gasteiger partial charge in [-0.15, -0.1) is 34.0 Å². The first-order valence-corrected chi connectivity index (χ1v) is 20.9. The number of nitrogens with one attached hydrogen (secondary N) is 1. The summed E-state index contributed by atoms with van der Waals surface area (Å²) in [6, 6.07) is 6.78. The van der Waals surface area contributed by atoms with Crippen LogP contribution in [0, 0.1) is 0 Å². The monoisotopic (exact) mass is 713 g/mol. The van der Waals surface area contributed by atoms with Gasteiger partial charge in [0.1, 0.15) is 18.3 Å². The van der Waals surface area contributed by atoms with Crippen LogP contribution in [0.1, 0.15) is 62.5 Å². The molecule has 3 saturated heterocycles. The van der Waals surface area contributed by atoms with Gasteiger partial charge >= 0.3 is 0 Å². The van der Waals surface area contributed by atoms with E-state index < -0.39 is 0 Å². The number of likely N-dealkylation sites (tertiary alicyclic amines) is 1. The second-order valence-corrected chi connectivity index (χ2v) is 16.8. The molecule has 264 valence electrons. The molecule has 9 rings (SSSR count). The molecule has 0 aromatic carbocycles. The van der Waals surface area contributed by atoms with E-state index in [2.05, 4.69) is 66.3 Å². The van der Waals surface area contributed by atoms with Crippen LogP contribution in [-0.2, 0) is 33.5 Å². The lowest BCUT2D eigenvalue weighted by molar-refractivity contribution is 0.00907. The molecule has 6 aliphatic heterocycles. The molecule has 8 nitrogen and oxygen atoms in total. The van der Waals surface area contributed by atoms with Gasteiger partial charge in [0.25, 0.3) is 0 Å². The van der Waals surface area contributed by atoms with E-state index in [0.29, 0.717) is 18.3 Å². The summed E-state index contributed by atoms with van der Waals surface area (Å²) in [5.74, 6) is 0. The van der Waals surface area contributed by atoms with Gasteiger partial charge < -0.3 is 29.3 Å². The Labute approximate surface area is 299 Å². The van der Waals surface area contributed by atoms with Crippen LogP contribution in [0.5, 0.6) is 0 Å². The van der Waals surface area contributed by atoms with E-state index in [1.807, 2.05) is 34.0 Å². The number of rotatable bonds is 6. The molecule has 48 heavy (non-hydrogen) atoms. The summed E-state index contributed by atoms with van der Waals surface area (Å²) in [4.78, 5) is 14.4. The maximum atomic E-state index is 5.95. The van der Waals surface area contributed by atoms with Crippen molar-refractivity contribution >= 4 is 34.0 Å². The highest BCUT2D eigenvalue weighted by Crippen LogP contribution is 2.34. The van der Waals surface area contributed by atoms with Crippen LogP contribution in [0.4, 0.5) is 0 Å². The minimum absolute atomic E-state index is 0.321. The SMILES string of the molecule is CN1CCN(CC2OCCc3ccsc32)CC1.c1cc2c(s1)C(CN1CCCC1)OCC2.c1cc2c(s1)C(CN1CCNCC1)OCC2. The Hall–Kier alpha value is -1.22. The lowest BCUT2D eigenvalue weighted by Crippen LogP contribution is -2.46. The van der Waals surface area contributed by atoms with Gasteiger partial charge in [-0.2, -0.15) is 0 Å². The zero-order valence-electron chi connectivity index (χ0n) is 28.8. The van der Waals surface area contributed by atoms with Gasteiger partial charge in [-0.25, -0.2) is 0 Å². The van der Waals surface area contributed by atoms with E-state index in [1.54, 1.807) is 0 Å². The molecule has 3 atom stereocenters. The molecule has 0 bridgehead atoms. The van der Waals surface area contributed by atoms with Crippen molar-refractivity contribution in [3.8, 4) is 0 Å². The molecule has 3 fully saturated rings. The van der Waals surface area contributed by atoms with E-state index >= 15 is 0 Å². The van der Waals surface area contributed by atoms with Crippen LogP contribution in [0.15, 0.2) is 34.3 Å². The summed E-state index contributed by atoms with van der Waals surface area (Å²) in [7, 11) is 2.20. The van der Waals surface area contributed by atoms with E-state index in [4.69, 9.17) is 14.2 Å². The first-order chi connectivity index (χ1) is 23.7. The quantitative estimate of drug-likeness (QED) is 0.368. The second-order valence-electron chi connectivity index (χ2n) is 13.9. The number of hydrogen-bond donors (Lipinski definition) is 1. The Morgan fingerprint density at radius 3 is 1.40 bits per heavy atom. The van der Waals surface area contributed by atoms with Crippen molar-refractivity contribution in [2.45, 2.75) is 50.4 Å². The van der Waals surface area contributed by atoms with E-state index in [-0.39, 0.29) is 0 Å². The van der Waals surface area contributed by atoms with Gasteiger partial charge in [-0.3, -0.25) is 9.80 Å². The summed E-state index contributed by atoms with van der Waals surface area (Å²) in [6.45, 7) is 17.7. The van der Waals surface area contributed by atoms with Crippen molar-refractivity contribution in [3.63, 3.8) is 0 Å². The number of fused-ring (bicyclic) bond motifs is 3. The van der Waals surface area contributed by atoms with Gasteiger partial charge in [-0.05, 0) is 103 Å². The van der Waals surface area contributed by atoms with Crippen LogP contribution in [0.2, 0.25) is 0 Å². The van der Waals surface area contributed by atoms with Crippen molar-refractivity contribution in [1.29, 1.82) is 0 Å². The van der Waals surface area contributed by atoms with Gasteiger partial charge in [0, 0.05) is 86.6 Å². The highest BCUT2D eigenvalue weighted by Gasteiger charge is 2.28. The summed E-state index contributed by atoms with van der Waals surface area (Å²) in [6.07, 6.45) is 7.02. The normalized spacial score (nSPS) is 26.8. The molecule has 0 radical (unpaired) electrons. The van der Waals surface area contributed by atoms with E-state index in [0.717, 1.165) is 84.9 Å². The molecule has 3 aromatic heterocycles. The number of hydrogen-bond acceptors (Lipinski definition) is 11. The van der Waals surface area contributed by atoms with Gasteiger partial charge in [0.05, 0.1) is 19.8 Å². The number of nitrogens with zero attached hydrogens (tertiary/aromatic N) is 4. The molecule has 0 aliphatic carbocycles. The Balaban J connectivity index is 0.000000114. The minimum atomic E-state index is 0.321. The van der Waals surface area contributed by atoms with Crippen molar-refractivity contribution < 1.29 is 14.2 Å². The second kappa shape index (κ2) is 17.8. The van der Waals surface area contributed by atoms with Gasteiger partial charge in [-0.1, -0.05) is 0 Å². The Bertz CT molecular complexity index is 1380. The fraction of sp³-hybridized carbons (Fsp3) is 0.676. The fourth-order valence-corrected chi connectivity index (χ4v) is 10.7. The predicted molar refractivity (Wildman–Crippen MR) is 199 cm³/mol. The summed E-state index contributed by atoms with van der Waals surface area (Å²) < 4.78 is 17.8. The number of piperazine rings is 2. The molecule has 3 unspecified atom stereocenters. The molecule has 3 aromatic rings. The van der Waals surface area contributed by atoms with Gasteiger partial charge in [0.15, 0.2) is 0 Å². The maximum Gasteiger partial charge on any atom is 0.105 e. The number of likely N-dealkylation sites (N-methyl/N-ethyl adjacent to an activating group) is 1. The minimum Gasteiger partial charge on any atom is -0.371 e. The zero-order valence-corrected chi connectivity index (χ0v) is 31.2. The Morgan fingerprint density at radius 2 is 0.958 bits per heavy atom. The van der Waals surface area contributed by atoms with Crippen molar-refractivity contribution in [1.82, 2.24) is 24.9 Å². The molecular weight excluding hydrogens is 659 g/mol. The standard InChI is InChI=1S/C13H20N2OS.C12H18N2OS.C12H17NOS/c1-14-4-6-15(7-5-14)10-12-13-11(2-8-16-12)3-9-17-13;1-7-15-11(12-10(1)2-8-16-12)9-14-5-3-13-4-6-14;1-2-6-13(5-1)9-11-12-10(3-7-14-11)4-8-15-12/h3,9,12H,2,4-8,10H2,1H3;2,8,11,13H,1,3-7,9H2;4,8,11H,1-3,5-7,9H2. The average Bonchev–Trinajstić information content (AvgIpc) is 3.95. The van der Waals surface area contributed by atoms with Crippen LogP contribution < -0.4 is 5.32 Å². The summed E-state index contributed by atoms with van der Waals surface area (Å²) >= 11 is 5.58. The number of thiophene rings is 3. The predicted octanol–water partition coefficient (Wildman–Crippen LogP) is 5.33. The Morgan fingerprint density at radius 1 is 0.562 bits per heavy atom. The zero-order chi connectivity index (χ0) is 32.5. The third kappa shape index (κ3) is 9.36. The van der Waals surface area contributed by atoms with Crippen molar-refractivity contribution in [2.75, 3.05) is 112 Å². The van der Waals surface area contributed by atoms with Crippen LogP contribution in [0.3, 0.4) is 0 Å². The molecule has 6 aliphatic rings. The third-order valence-electron chi connectivity index (χ3n) is 10.6. The highest BCUT2D eigenvalue weighted by atomic mass is 32.1. The maximum absolute atomic E-state index is 5.95. The molecule has 1 N–H and O–H groups in total. The summed E-state index contributed by atoms with van der Waals surface area (Å²) in [5, 5.41) is 9.99.